The number of hydrogen-bond acceptors (Lipinski definition) is 2. The standard InChI is InChI=1S/C15H29NO2/c1-4-7-13(8-5-2)15(18)16-10-9-14(17)12(6-3)11-16/h12-14,17H,4-11H2,1-3H3. The molecule has 0 saturated carbocycles. The maximum atomic E-state index is 12.5. The predicted molar refractivity (Wildman–Crippen MR) is 74.3 cm³/mol. The summed E-state index contributed by atoms with van der Waals surface area (Å²) in [6.45, 7) is 7.87. The van der Waals surface area contributed by atoms with Gasteiger partial charge in [0.1, 0.15) is 0 Å². The molecule has 0 bridgehead atoms. The van der Waals surface area contributed by atoms with Crippen LogP contribution in [-0.4, -0.2) is 35.1 Å². The molecule has 0 aliphatic carbocycles. The molecule has 1 aliphatic rings. The second-order valence-electron chi connectivity index (χ2n) is 5.58. The number of carbonyl (C=O) groups is 1. The van der Waals surface area contributed by atoms with Crippen LogP contribution in [0, 0.1) is 11.8 Å². The Kier molecular flexibility index (Phi) is 6.69. The van der Waals surface area contributed by atoms with Gasteiger partial charge in [0, 0.05) is 24.9 Å². The molecule has 2 atom stereocenters. The second-order valence-corrected chi connectivity index (χ2v) is 5.58. The Hall–Kier alpha value is -0.570. The van der Waals surface area contributed by atoms with Crippen LogP contribution in [0.3, 0.4) is 0 Å². The van der Waals surface area contributed by atoms with Gasteiger partial charge in [0.05, 0.1) is 6.10 Å². The van der Waals surface area contributed by atoms with Gasteiger partial charge in [0.15, 0.2) is 0 Å². The molecule has 3 heteroatoms. The average molecular weight is 255 g/mol. The number of piperidine rings is 1. The van der Waals surface area contributed by atoms with Crippen molar-refractivity contribution in [3.8, 4) is 0 Å². The van der Waals surface area contributed by atoms with Crippen LogP contribution in [0.5, 0.6) is 0 Å². The molecule has 1 heterocycles. The van der Waals surface area contributed by atoms with Crippen molar-refractivity contribution in [1.82, 2.24) is 4.90 Å². The quantitative estimate of drug-likeness (QED) is 0.793. The van der Waals surface area contributed by atoms with E-state index in [0.29, 0.717) is 5.91 Å². The molecule has 0 aromatic rings. The maximum Gasteiger partial charge on any atom is 0.225 e. The van der Waals surface area contributed by atoms with E-state index in [2.05, 4.69) is 20.8 Å². The molecule has 1 aliphatic heterocycles. The molecule has 0 spiro atoms. The van der Waals surface area contributed by atoms with Gasteiger partial charge in [-0.05, 0) is 25.7 Å². The fraction of sp³-hybridized carbons (Fsp3) is 0.933. The third-order valence-electron chi connectivity index (χ3n) is 4.15. The van der Waals surface area contributed by atoms with Gasteiger partial charge in [-0.15, -0.1) is 0 Å². The third-order valence-corrected chi connectivity index (χ3v) is 4.15. The topological polar surface area (TPSA) is 40.5 Å². The van der Waals surface area contributed by atoms with E-state index in [1.54, 1.807) is 0 Å². The van der Waals surface area contributed by atoms with E-state index in [1.807, 2.05) is 4.90 Å². The number of amides is 1. The maximum absolute atomic E-state index is 12.5. The van der Waals surface area contributed by atoms with Gasteiger partial charge < -0.3 is 10.0 Å². The monoisotopic (exact) mass is 255 g/mol. The van der Waals surface area contributed by atoms with E-state index >= 15 is 0 Å². The Morgan fingerprint density at radius 3 is 2.39 bits per heavy atom. The van der Waals surface area contributed by atoms with Gasteiger partial charge in [0.2, 0.25) is 5.91 Å². The first-order chi connectivity index (χ1) is 8.63. The number of hydrogen-bond donors (Lipinski definition) is 1. The van der Waals surface area contributed by atoms with Crippen LogP contribution < -0.4 is 0 Å². The van der Waals surface area contributed by atoms with Gasteiger partial charge in [0.25, 0.3) is 0 Å². The highest BCUT2D eigenvalue weighted by Gasteiger charge is 2.31. The largest absolute Gasteiger partial charge is 0.393 e. The van der Waals surface area contributed by atoms with Gasteiger partial charge in [-0.2, -0.15) is 0 Å². The molecule has 0 radical (unpaired) electrons. The van der Waals surface area contributed by atoms with Crippen LogP contribution in [0.2, 0.25) is 0 Å². The van der Waals surface area contributed by atoms with Crippen molar-refractivity contribution >= 4 is 5.91 Å². The van der Waals surface area contributed by atoms with Crippen molar-refractivity contribution in [3.63, 3.8) is 0 Å². The van der Waals surface area contributed by atoms with E-state index < -0.39 is 0 Å². The van der Waals surface area contributed by atoms with Crippen LogP contribution >= 0.6 is 0 Å². The third kappa shape index (κ3) is 3.98. The molecule has 3 nitrogen and oxygen atoms in total. The minimum Gasteiger partial charge on any atom is -0.393 e. The lowest BCUT2D eigenvalue weighted by Crippen LogP contribution is -2.47. The Balaban J connectivity index is 2.58. The summed E-state index contributed by atoms with van der Waals surface area (Å²) in [5.41, 5.74) is 0. The average Bonchev–Trinajstić information content (AvgIpc) is 2.38. The molecule has 1 N–H and O–H groups in total. The number of rotatable bonds is 6. The zero-order valence-electron chi connectivity index (χ0n) is 12.2. The van der Waals surface area contributed by atoms with Gasteiger partial charge in [-0.1, -0.05) is 33.6 Å². The number of aliphatic hydroxyl groups excluding tert-OH is 1. The van der Waals surface area contributed by atoms with Gasteiger partial charge in [-0.3, -0.25) is 4.79 Å². The van der Waals surface area contributed by atoms with E-state index in [1.165, 1.54) is 0 Å². The van der Waals surface area contributed by atoms with Crippen molar-refractivity contribution in [2.75, 3.05) is 13.1 Å². The zero-order valence-corrected chi connectivity index (χ0v) is 12.2. The molecule has 106 valence electrons. The molecule has 1 rings (SSSR count). The van der Waals surface area contributed by atoms with E-state index in [4.69, 9.17) is 0 Å². The SMILES string of the molecule is CCCC(CCC)C(=O)N1CCC(O)C(CC)C1. The lowest BCUT2D eigenvalue weighted by atomic mass is 9.90. The van der Waals surface area contributed by atoms with Crippen molar-refractivity contribution < 1.29 is 9.90 Å². The van der Waals surface area contributed by atoms with Crippen molar-refractivity contribution in [2.45, 2.75) is 65.4 Å². The molecule has 2 unspecified atom stereocenters. The summed E-state index contributed by atoms with van der Waals surface area (Å²) in [5.74, 6) is 0.795. The summed E-state index contributed by atoms with van der Waals surface area (Å²) in [6, 6.07) is 0. The van der Waals surface area contributed by atoms with Gasteiger partial charge in [-0.25, -0.2) is 0 Å². The summed E-state index contributed by atoms with van der Waals surface area (Å²) >= 11 is 0. The van der Waals surface area contributed by atoms with Crippen molar-refractivity contribution in [1.29, 1.82) is 0 Å². The number of likely N-dealkylation sites (tertiary alicyclic amines) is 1. The van der Waals surface area contributed by atoms with Crippen LogP contribution in [0.1, 0.15) is 59.3 Å². The summed E-state index contributed by atoms with van der Waals surface area (Å²) < 4.78 is 0. The molecule has 1 saturated heterocycles. The van der Waals surface area contributed by atoms with Crippen LogP contribution in [0.15, 0.2) is 0 Å². The summed E-state index contributed by atoms with van der Waals surface area (Å²) in [5, 5.41) is 9.88. The summed E-state index contributed by atoms with van der Waals surface area (Å²) in [7, 11) is 0. The van der Waals surface area contributed by atoms with E-state index in [0.717, 1.165) is 51.6 Å². The van der Waals surface area contributed by atoms with Crippen LogP contribution in [0.25, 0.3) is 0 Å². The number of carbonyl (C=O) groups excluding carboxylic acids is 1. The summed E-state index contributed by atoms with van der Waals surface area (Å²) in [6.07, 6.45) is 5.64. The lowest BCUT2D eigenvalue weighted by Gasteiger charge is -2.37. The van der Waals surface area contributed by atoms with E-state index in [9.17, 15) is 9.90 Å². The Morgan fingerprint density at radius 1 is 1.28 bits per heavy atom. The van der Waals surface area contributed by atoms with Crippen molar-refractivity contribution in [3.05, 3.63) is 0 Å². The van der Waals surface area contributed by atoms with Crippen LogP contribution in [0.4, 0.5) is 0 Å². The van der Waals surface area contributed by atoms with Crippen LogP contribution in [-0.2, 0) is 4.79 Å². The molecule has 18 heavy (non-hydrogen) atoms. The smallest absolute Gasteiger partial charge is 0.225 e. The Bertz CT molecular complexity index is 249. The molecular formula is C15H29NO2. The minimum absolute atomic E-state index is 0.202. The normalized spacial score (nSPS) is 24.6. The highest BCUT2D eigenvalue weighted by atomic mass is 16.3. The molecule has 0 aromatic heterocycles. The Morgan fingerprint density at radius 2 is 1.89 bits per heavy atom. The summed E-state index contributed by atoms with van der Waals surface area (Å²) in [4.78, 5) is 14.5. The van der Waals surface area contributed by atoms with Gasteiger partial charge >= 0.3 is 0 Å². The molecular weight excluding hydrogens is 226 g/mol. The Labute approximate surface area is 112 Å². The minimum atomic E-state index is -0.213. The highest BCUT2D eigenvalue weighted by Crippen LogP contribution is 2.24. The lowest BCUT2D eigenvalue weighted by molar-refractivity contribution is -0.140. The number of nitrogens with zero attached hydrogens (tertiary/aromatic N) is 1. The fourth-order valence-electron chi connectivity index (χ4n) is 2.97. The first kappa shape index (κ1) is 15.5. The van der Waals surface area contributed by atoms with Crippen molar-refractivity contribution in [2.24, 2.45) is 11.8 Å². The molecule has 0 aromatic carbocycles. The first-order valence-electron chi connectivity index (χ1n) is 7.60. The molecule has 1 fully saturated rings. The first-order valence-corrected chi connectivity index (χ1v) is 7.60. The number of aliphatic hydroxyl groups is 1. The second kappa shape index (κ2) is 7.78. The van der Waals surface area contributed by atoms with E-state index in [-0.39, 0.29) is 17.9 Å². The zero-order chi connectivity index (χ0) is 13.5. The fourth-order valence-corrected chi connectivity index (χ4v) is 2.97. The highest BCUT2D eigenvalue weighted by molar-refractivity contribution is 5.79. The predicted octanol–water partition coefficient (Wildman–Crippen LogP) is 2.82. The molecule has 1 amide bonds.